The van der Waals surface area contributed by atoms with Gasteiger partial charge < -0.3 is 10.1 Å². The molecule has 0 saturated carbocycles. The number of aromatic nitrogens is 4. The van der Waals surface area contributed by atoms with E-state index in [-0.39, 0.29) is 18.4 Å². The van der Waals surface area contributed by atoms with Gasteiger partial charge in [-0.3, -0.25) is 4.79 Å². The van der Waals surface area contributed by atoms with Crippen LogP contribution in [0, 0.1) is 0 Å². The highest BCUT2D eigenvalue weighted by molar-refractivity contribution is 5.77. The molecule has 0 radical (unpaired) electrons. The van der Waals surface area contributed by atoms with Gasteiger partial charge in [-0.05, 0) is 20.8 Å². The van der Waals surface area contributed by atoms with E-state index in [0.29, 0.717) is 5.82 Å². The Morgan fingerprint density at radius 3 is 2.81 bits per heavy atom. The molecule has 1 unspecified atom stereocenters. The van der Waals surface area contributed by atoms with Crippen LogP contribution < -0.4 is 5.32 Å². The Morgan fingerprint density at radius 2 is 2.31 bits per heavy atom. The molecule has 1 rings (SSSR count). The van der Waals surface area contributed by atoms with Gasteiger partial charge in [-0.25, -0.2) is 0 Å². The van der Waals surface area contributed by atoms with E-state index in [1.54, 1.807) is 14.0 Å². The summed E-state index contributed by atoms with van der Waals surface area (Å²) >= 11 is 0. The third-order valence-corrected chi connectivity index (χ3v) is 2.27. The molecule has 0 aliphatic heterocycles. The van der Waals surface area contributed by atoms with Crippen LogP contribution >= 0.6 is 0 Å². The number of nitrogens with zero attached hydrogens (tertiary/aromatic N) is 3. The number of carbonyl (C=O) groups excluding carboxylic acids is 1. The molecule has 0 spiro atoms. The first-order valence-corrected chi connectivity index (χ1v) is 5.02. The second-order valence-corrected chi connectivity index (χ2v) is 4.20. The summed E-state index contributed by atoms with van der Waals surface area (Å²) in [6.45, 7) is 5.50. The summed E-state index contributed by atoms with van der Waals surface area (Å²) < 4.78 is 5.17. The van der Waals surface area contributed by atoms with Gasteiger partial charge in [-0.15, -0.1) is 10.2 Å². The predicted octanol–water partition coefficient (Wildman–Crippen LogP) is 0.192. The Hall–Kier alpha value is -1.50. The number of hydrogen-bond acceptors (Lipinski definition) is 5. The Kier molecular flexibility index (Phi) is 3.94. The molecule has 0 aliphatic rings. The van der Waals surface area contributed by atoms with Crippen molar-refractivity contribution in [1.29, 1.82) is 0 Å². The molecule has 0 bridgehead atoms. The number of rotatable bonds is 5. The molecule has 90 valence electrons. The number of methoxy groups -OCH3 is 1. The highest BCUT2D eigenvalue weighted by Gasteiger charge is 2.22. The van der Waals surface area contributed by atoms with Crippen LogP contribution in [0.15, 0.2) is 0 Å². The third kappa shape index (κ3) is 3.58. The lowest BCUT2D eigenvalue weighted by Crippen LogP contribution is -2.35. The van der Waals surface area contributed by atoms with Crippen LogP contribution in [0.25, 0.3) is 0 Å². The summed E-state index contributed by atoms with van der Waals surface area (Å²) in [6.07, 6.45) is 0.283. The van der Waals surface area contributed by atoms with Gasteiger partial charge in [-0.1, -0.05) is 5.21 Å². The highest BCUT2D eigenvalue weighted by atomic mass is 16.5. The average Bonchev–Trinajstić information content (AvgIpc) is 2.69. The van der Waals surface area contributed by atoms with Crippen molar-refractivity contribution in [2.24, 2.45) is 0 Å². The summed E-state index contributed by atoms with van der Waals surface area (Å²) in [5, 5.41) is 16.1. The van der Waals surface area contributed by atoms with E-state index < -0.39 is 5.60 Å². The SMILES string of the molecule is COC(C)(C)CC(=O)NC(C)c1nn[nH]n1. The fourth-order valence-corrected chi connectivity index (χ4v) is 1.17. The van der Waals surface area contributed by atoms with Gasteiger partial charge in [0.25, 0.3) is 0 Å². The van der Waals surface area contributed by atoms with Crippen molar-refractivity contribution in [1.82, 2.24) is 25.9 Å². The Bertz CT molecular complexity index is 336. The molecule has 1 aromatic heterocycles. The van der Waals surface area contributed by atoms with Crippen LogP contribution in [0.4, 0.5) is 0 Å². The lowest BCUT2D eigenvalue weighted by atomic mass is 10.0. The Balaban J connectivity index is 2.46. The molecule has 7 heteroatoms. The van der Waals surface area contributed by atoms with E-state index in [1.807, 2.05) is 13.8 Å². The summed E-state index contributed by atoms with van der Waals surface area (Å²) in [7, 11) is 1.58. The molecule has 1 aromatic rings. The van der Waals surface area contributed by atoms with Crippen LogP contribution in [0.3, 0.4) is 0 Å². The lowest BCUT2D eigenvalue weighted by molar-refractivity contribution is -0.126. The second-order valence-electron chi connectivity index (χ2n) is 4.20. The van der Waals surface area contributed by atoms with Gasteiger partial charge in [0.05, 0.1) is 18.1 Å². The van der Waals surface area contributed by atoms with Crippen LogP contribution in [-0.4, -0.2) is 39.2 Å². The van der Waals surface area contributed by atoms with Gasteiger partial charge in [-0.2, -0.15) is 5.21 Å². The molecular weight excluding hydrogens is 210 g/mol. The van der Waals surface area contributed by atoms with E-state index in [9.17, 15) is 4.79 Å². The molecule has 0 aromatic carbocycles. The lowest BCUT2D eigenvalue weighted by Gasteiger charge is -2.22. The average molecular weight is 227 g/mol. The van der Waals surface area contributed by atoms with Gasteiger partial charge in [0, 0.05) is 7.11 Å². The predicted molar refractivity (Wildman–Crippen MR) is 56.4 cm³/mol. The van der Waals surface area contributed by atoms with Crippen molar-refractivity contribution in [3.63, 3.8) is 0 Å². The topological polar surface area (TPSA) is 92.8 Å². The summed E-state index contributed by atoms with van der Waals surface area (Å²) in [4.78, 5) is 11.6. The van der Waals surface area contributed by atoms with Crippen molar-refractivity contribution in [2.75, 3.05) is 7.11 Å². The zero-order valence-electron chi connectivity index (χ0n) is 9.94. The number of carbonyl (C=O) groups is 1. The molecule has 0 fully saturated rings. The van der Waals surface area contributed by atoms with E-state index in [4.69, 9.17) is 4.74 Å². The standard InChI is InChI=1S/C9H17N5O2/c1-6(8-11-13-14-12-8)10-7(15)5-9(2,3)16-4/h6H,5H2,1-4H3,(H,10,15)(H,11,12,13,14). The van der Waals surface area contributed by atoms with Crippen LogP contribution in [-0.2, 0) is 9.53 Å². The minimum absolute atomic E-state index is 0.107. The van der Waals surface area contributed by atoms with E-state index in [0.717, 1.165) is 0 Å². The van der Waals surface area contributed by atoms with Crippen molar-refractivity contribution in [3.8, 4) is 0 Å². The fraction of sp³-hybridized carbons (Fsp3) is 0.778. The number of ether oxygens (including phenoxy) is 1. The maximum Gasteiger partial charge on any atom is 0.223 e. The van der Waals surface area contributed by atoms with E-state index >= 15 is 0 Å². The number of amides is 1. The van der Waals surface area contributed by atoms with Crippen molar-refractivity contribution < 1.29 is 9.53 Å². The summed E-state index contributed by atoms with van der Waals surface area (Å²) in [5.74, 6) is 0.354. The van der Waals surface area contributed by atoms with Crippen LogP contribution in [0.2, 0.25) is 0 Å². The minimum Gasteiger partial charge on any atom is -0.378 e. The quantitative estimate of drug-likeness (QED) is 0.749. The monoisotopic (exact) mass is 227 g/mol. The molecule has 1 atom stereocenters. The first-order chi connectivity index (χ1) is 7.44. The normalized spacial score (nSPS) is 13.5. The van der Waals surface area contributed by atoms with Crippen molar-refractivity contribution >= 4 is 5.91 Å². The van der Waals surface area contributed by atoms with Crippen LogP contribution in [0.5, 0.6) is 0 Å². The molecule has 1 heterocycles. The number of H-pyrrole nitrogens is 1. The number of aromatic amines is 1. The van der Waals surface area contributed by atoms with Crippen molar-refractivity contribution in [3.05, 3.63) is 5.82 Å². The Morgan fingerprint density at radius 1 is 1.62 bits per heavy atom. The zero-order valence-corrected chi connectivity index (χ0v) is 9.94. The van der Waals surface area contributed by atoms with Gasteiger partial charge in [0.2, 0.25) is 5.91 Å². The third-order valence-electron chi connectivity index (χ3n) is 2.27. The first kappa shape index (κ1) is 12.6. The van der Waals surface area contributed by atoms with Gasteiger partial charge >= 0.3 is 0 Å². The largest absolute Gasteiger partial charge is 0.378 e. The summed E-state index contributed by atoms with van der Waals surface area (Å²) in [6, 6.07) is -0.265. The van der Waals surface area contributed by atoms with E-state index in [2.05, 4.69) is 25.9 Å². The van der Waals surface area contributed by atoms with E-state index in [1.165, 1.54) is 0 Å². The fourth-order valence-electron chi connectivity index (χ4n) is 1.17. The number of tetrazole rings is 1. The smallest absolute Gasteiger partial charge is 0.223 e. The number of nitrogens with one attached hydrogen (secondary N) is 2. The zero-order chi connectivity index (χ0) is 12.2. The number of hydrogen-bond donors (Lipinski definition) is 2. The molecule has 7 nitrogen and oxygen atoms in total. The summed E-state index contributed by atoms with van der Waals surface area (Å²) in [5.41, 5.74) is -0.471. The maximum absolute atomic E-state index is 11.6. The Labute approximate surface area is 93.9 Å². The molecule has 0 saturated heterocycles. The van der Waals surface area contributed by atoms with Crippen molar-refractivity contribution in [2.45, 2.75) is 38.8 Å². The second kappa shape index (κ2) is 5.02. The van der Waals surface area contributed by atoms with Gasteiger partial charge in [0.1, 0.15) is 0 Å². The molecular formula is C9H17N5O2. The molecule has 16 heavy (non-hydrogen) atoms. The molecule has 1 amide bonds. The minimum atomic E-state index is -0.471. The first-order valence-electron chi connectivity index (χ1n) is 5.02. The maximum atomic E-state index is 11.6. The highest BCUT2D eigenvalue weighted by Crippen LogP contribution is 2.13. The van der Waals surface area contributed by atoms with Gasteiger partial charge in [0.15, 0.2) is 5.82 Å². The molecule has 2 N–H and O–H groups in total. The van der Waals surface area contributed by atoms with Crippen LogP contribution in [0.1, 0.15) is 39.1 Å². The molecule has 0 aliphatic carbocycles.